The molecule has 1 saturated carbocycles. The van der Waals surface area contributed by atoms with Gasteiger partial charge in [-0.1, -0.05) is 41.9 Å². The number of nitrogens with zero attached hydrogens (tertiary/aromatic N) is 2. The van der Waals surface area contributed by atoms with Gasteiger partial charge in [0.05, 0.1) is 7.11 Å². The third kappa shape index (κ3) is 3.20. The number of carbonyl (C=O) groups excluding carboxylic acids is 1. The van der Waals surface area contributed by atoms with E-state index < -0.39 is 5.97 Å². The number of ether oxygens (including phenoxy) is 2. The van der Waals surface area contributed by atoms with Gasteiger partial charge in [-0.25, -0.2) is 14.8 Å². The largest absolute Gasteiger partial charge is 0.483 e. The Labute approximate surface area is 133 Å². The fourth-order valence-electron chi connectivity index (χ4n) is 2.06. The zero-order chi connectivity index (χ0) is 15.5. The molecule has 1 aromatic heterocycles. The quantitative estimate of drug-likeness (QED) is 0.625. The van der Waals surface area contributed by atoms with Crippen LogP contribution in [0.1, 0.15) is 40.6 Å². The minimum absolute atomic E-state index is 0.0836. The van der Waals surface area contributed by atoms with Crippen LogP contribution in [0.15, 0.2) is 30.3 Å². The first-order chi connectivity index (χ1) is 10.7. The normalized spacial score (nSPS) is 13.7. The topological polar surface area (TPSA) is 61.3 Å². The van der Waals surface area contributed by atoms with Gasteiger partial charge in [0.2, 0.25) is 0 Å². The van der Waals surface area contributed by atoms with Gasteiger partial charge in [-0.05, 0) is 18.4 Å². The Balaban J connectivity index is 1.89. The predicted octanol–water partition coefficient (Wildman–Crippen LogP) is 3.37. The Hall–Kier alpha value is -2.14. The second-order valence-electron chi connectivity index (χ2n) is 5.09. The van der Waals surface area contributed by atoms with E-state index in [4.69, 9.17) is 21.1 Å². The van der Waals surface area contributed by atoms with Crippen molar-refractivity contribution in [1.29, 1.82) is 0 Å². The van der Waals surface area contributed by atoms with Crippen molar-refractivity contribution < 1.29 is 14.3 Å². The SMILES string of the molecule is COC(=O)c1nc(C2CC2)nc(Cl)c1OCc1ccccc1. The lowest BCUT2D eigenvalue weighted by Crippen LogP contribution is -2.12. The number of carbonyl (C=O) groups is 1. The maximum absolute atomic E-state index is 11.9. The van der Waals surface area contributed by atoms with Crippen molar-refractivity contribution in [1.82, 2.24) is 9.97 Å². The highest BCUT2D eigenvalue weighted by Crippen LogP contribution is 2.40. The van der Waals surface area contributed by atoms with Crippen LogP contribution in [0.3, 0.4) is 0 Å². The summed E-state index contributed by atoms with van der Waals surface area (Å²) < 4.78 is 10.4. The third-order valence-electron chi connectivity index (χ3n) is 3.39. The van der Waals surface area contributed by atoms with Gasteiger partial charge in [-0.2, -0.15) is 0 Å². The van der Waals surface area contributed by atoms with Gasteiger partial charge in [-0.15, -0.1) is 0 Å². The van der Waals surface area contributed by atoms with E-state index in [-0.39, 0.29) is 29.1 Å². The van der Waals surface area contributed by atoms with Crippen molar-refractivity contribution in [3.63, 3.8) is 0 Å². The van der Waals surface area contributed by atoms with Crippen molar-refractivity contribution in [2.75, 3.05) is 7.11 Å². The molecule has 0 bridgehead atoms. The van der Waals surface area contributed by atoms with Crippen molar-refractivity contribution in [3.8, 4) is 5.75 Å². The first-order valence-corrected chi connectivity index (χ1v) is 7.39. The molecule has 1 aliphatic carbocycles. The fraction of sp³-hybridized carbons (Fsp3) is 0.312. The zero-order valence-corrected chi connectivity index (χ0v) is 12.8. The Morgan fingerprint density at radius 1 is 1.27 bits per heavy atom. The average Bonchev–Trinajstić information content (AvgIpc) is 3.38. The number of benzene rings is 1. The molecule has 2 aromatic rings. The summed E-state index contributed by atoms with van der Waals surface area (Å²) in [5, 5.41) is 0.147. The van der Waals surface area contributed by atoms with E-state index in [2.05, 4.69) is 9.97 Å². The number of hydrogen-bond donors (Lipinski definition) is 0. The highest BCUT2D eigenvalue weighted by Gasteiger charge is 2.30. The Morgan fingerprint density at radius 3 is 2.64 bits per heavy atom. The monoisotopic (exact) mass is 318 g/mol. The lowest BCUT2D eigenvalue weighted by atomic mass is 10.2. The van der Waals surface area contributed by atoms with Crippen LogP contribution < -0.4 is 4.74 Å². The van der Waals surface area contributed by atoms with Crippen LogP contribution in [0, 0.1) is 0 Å². The van der Waals surface area contributed by atoms with Crippen LogP contribution in [0.2, 0.25) is 5.15 Å². The van der Waals surface area contributed by atoms with E-state index in [1.165, 1.54) is 7.11 Å². The molecule has 5 nitrogen and oxygen atoms in total. The van der Waals surface area contributed by atoms with Gasteiger partial charge in [0, 0.05) is 5.92 Å². The molecule has 1 aromatic carbocycles. The molecule has 1 fully saturated rings. The minimum atomic E-state index is -0.575. The molecule has 0 unspecified atom stereocenters. The number of halogens is 1. The summed E-state index contributed by atoms with van der Waals surface area (Å²) in [6.45, 7) is 0.274. The summed E-state index contributed by atoms with van der Waals surface area (Å²) in [4.78, 5) is 20.5. The van der Waals surface area contributed by atoms with Crippen LogP contribution >= 0.6 is 11.6 Å². The fourth-order valence-corrected chi connectivity index (χ4v) is 2.29. The highest BCUT2D eigenvalue weighted by atomic mass is 35.5. The van der Waals surface area contributed by atoms with E-state index in [0.29, 0.717) is 5.82 Å². The van der Waals surface area contributed by atoms with Crippen molar-refractivity contribution in [2.45, 2.75) is 25.4 Å². The summed E-state index contributed by atoms with van der Waals surface area (Å²) in [5.41, 5.74) is 1.04. The Kier molecular flexibility index (Phi) is 4.24. The van der Waals surface area contributed by atoms with E-state index in [9.17, 15) is 4.79 Å². The summed E-state index contributed by atoms with van der Waals surface area (Å²) >= 11 is 6.19. The molecule has 22 heavy (non-hydrogen) atoms. The van der Waals surface area contributed by atoms with Crippen molar-refractivity contribution in [3.05, 3.63) is 52.6 Å². The highest BCUT2D eigenvalue weighted by molar-refractivity contribution is 6.31. The van der Waals surface area contributed by atoms with Gasteiger partial charge in [0.1, 0.15) is 12.4 Å². The molecule has 114 valence electrons. The molecule has 0 saturated heterocycles. The first kappa shape index (κ1) is 14.8. The maximum atomic E-state index is 11.9. The molecule has 1 heterocycles. The predicted molar refractivity (Wildman–Crippen MR) is 81.1 cm³/mol. The van der Waals surface area contributed by atoms with E-state index in [1.807, 2.05) is 30.3 Å². The van der Waals surface area contributed by atoms with Gasteiger partial charge in [-0.3, -0.25) is 0 Å². The van der Waals surface area contributed by atoms with E-state index >= 15 is 0 Å². The van der Waals surface area contributed by atoms with E-state index in [0.717, 1.165) is 18.4 Å². The zero-order valence-electron chi connectivity index (χ0n) is 12.1. The molecule has 0 spiro atoms. The molecule has 0 aliphatic heterocycles. The van der Waals surface area contributed by atoms with Gasteiger partial charge in [0.25, 0.3) is 0 Å². The lowest BCUT2D eigenvalue weighted by molar-refractivity contribution is 0.0587. The van der Waals surface area contributed by atoms with Gasteiger partial charge >= 0.3 is 5.97 Å². The van der Waals surface area contributed by atoms with Crippen molar-refractivity contribution >= 4 is 17.6 Å². The summed E-state index contributed by atoms with van der Waals surface area (Å²) in [7, 11) is 1.30. The third-order valence-corrected chi connectivity index (χ3v) is 3.64. The van der Waals surface area contributed by atoms with Gasteiger partial charge < -0.3 is 9.47 Å². The average molecular weight is 319 g/mol. The van der Waals surface area contributed by atoms with E-state index in [1.54, 1.807) is 0 Å². The number of methoxy groups -OCH3 is 1. The van der Waals surface area contributed by atoms with Gasteiger partial charge in [0.15, 0.2) is 16.6 Å². The number of aromatic nitrogens is 2. The number of rotatable bonds is 5. The summed E-state index contributed by atoms with van der Waals surface area (Å²) in [6, 6.07) is 9.59. The molecular formula is C16H15ClN2O3. The Morgan fingerprint density at radius 2 is 2.00 bits per heavy atom. The molecule has 6 heteroatoms. The molecule has 0 amide bonds. The second kappa shape index (κ2) is 6.32. The molecule has 0 radical (unpaired) electrons. The molecule has 0 atom stereocenters. The lowest BCUT2D eigenvalue weighted by Gasteiger charge is -2.12. The molecule has 0 N–H and O–H groups in total. The smallest absolute Gasteiger partial charge is 0.360 e. The standard InChI is InChI=1S/C16H15ClN2O3/c1-21-16(20)12-13(22-9-10-5-3-2-4-6-10)14(17)19-15(18-12)11-7-8-11/h2-6,11H,7-9H2,1H3. The van der Waals surface area contributed by atoms with Crippen molar-refractivity contribution in [2.24, 2.45) is 0 Å². The minimum Gasteiger partial charge on any atom is -0.483 e. The van der Waals surface area contributed by atoms with Crippen LogP contribution in [0.4, 0.5) is 0 Å². The maximum Gasteiger partial charge on any atom is 0.360 e. The van der Waals surface area contributed by atoms with Crippen LogP contribution in [0.25, 0.3) is 0 Å². The van der Waals surface area contributed by atoms with Crippen LogP contribution in [-0.2, 0) is 11.3 Å². The molecular weight excluding hydrogens is 304 g/mol. The Bertz CT molecular complexity index is 687. The molecule has 3 rings (SSSR count). The molecule has 1 aliphatic rings. The first-order valence-electron chi connectivity index (χ1n) is 7.01. The van der Waals surface area contributed by atoms with Crippen LogP contribution in [0.5, 0.6) is 5.75 Å². The summed E-state index contributed by atoms with van der Waals surface area (Å²) in [5.74, 6) is 0.456. The summed E-state index contributed by atoms with van der Waals surface area (Å²) in [6.07, 6.45) is 2.03. The second-order valence-corrected chi connectivity index (χ2v) is 5.45. The number of hydrogen-bond acceptors (Lipinski definition) is 5. The number of esters is 1. The van der Waals surface area contributed by atoms with Crippen LogP contribution in [-0.4, -0.2) is 23.0 Å².